The van der Waals surface area contributed by atoms with Crippen LogP contribution in [0.3, 0.4) is 0 Å². The van der Waals surface area contributed by atoms with Crippen LogP contribution in [0.4, 0.5) is 26.3 Å². The molecule has 0 fully saturated rings. The number of halogens is 6. The minimum Gasteiger partial charge on any atom is -0.466 e. The number of carbonyl (C=O) groups is 1. The van der Waals surface area contributed by atoms with Gasteiger partial charge in [0.05, 0.1) is 18.6 Å². The van der Waals surface area contributed by atoms with E-state index in [0.717, 1.165) is 6.07 Å². The monoisotopic (exact) mass is 373 g/mol. The van der Waals surface area contributed by atoms with E-state index in [2.05, 4.69) is 9.47 Å². The molecule has 0 radical (unpaired) electrons. The van der Waals surface area contributed by atoms with Crippen LogP contribution in [0.1, 0.15) is 18.1 Å². The second kappa shape index (κ2) is 7.65. The number of hydrogen-bond acceptors (Lipinski definition) is 5. The highest BCUT2D eigenvalue weighted by atomic mass is 32.2. The summed E-state index contributed by atoms with van der Waals surface area (Å²) in [6, 6.07) is 2.56. The largest absolute Gasteiger partial charge is 0.573 e. The van der Waals surface area contributed by atoms with Crippen molar-refractivity contribution in [2.24, 2.45) is 0 Å². The summed E-state index contributed by atoms with van der Waals surface area (Å²) in [5.74, 6) is -1.96. The Hall–Kier alpha value is -2.09. The number of carbonyl (C=O) groups excluding carboxylic acids is 1. The van der Waals surface area contributed by atoms with E-state index in [4.69, 9.17) is 5.26 Å². The molecule has 0 spiro atoms. The van der Waals surface area contributed by atoms with Gasteiger partial charge in [0.25, 0.3) is 0 Å². The second-order valence-corrected chi connectivity index (χ2v) is 5.25. The number of nitriles is 1. The molecule has 0 amide bonds. The number of hydrogen-bond donors (Lipinski definition) is 0. The standard InChI is InChI=1S/C13H9F6NO3S/c1-2-22-11(21)4-7-3-8(6-20)9(23-12(14,15)16)5-10(7)24-13(17,18)19/h3,5H,2,4H2,1H3. The maximum Gasteiger partial charge on any atom is 0.573 e. The van der Waals surface area contributed by atoms with Crippen LogP contribution in [0.5, 0.6) is 5.75 Å². The van der Waals surface area contributed by atoms with Gasteiger partial charge in [0.1, 0.15) is 11.8 Å². The van der Waals surface area contributed by atoms with Gasteiger partial charge in [0, 0.05) is 4.90 Å². The van der Waals surface area contributed by atoms with Crippen LogP contribution in [0, 0.1) is 11.3 Å². The molecule has 11 heteroatoms. The fraction of sp³-hybridized carbons (Fsp3) is 0.385. The highest BCUT2D eigenvalue weighted by molar-refractivity contribution is 8.00. The number of nitrogens with zero attached hydrogens (tertiary/aromatic N) is 1. The quantitative estimate of drug-likeness (QED) is 0.440. The third-order valence-corrected chi connectivity index (χ3v) is 3.21. The molecule has 0 heterocycles. The van der Waals surface area contributed by atoms with E-state index in [9.17, 15) is 31.1 Å². The third kappa shape index (κ3) is 6.57. The average Bonchev–Trinajstić information content (AvgIpc) is 2.38. The number of alkyl halides is 6. The van der Waals surface area contributed by atoms with Gasteiger partial charge < -0.3 is 9.47 Å². The minimum atomic E-state index is -5.19. The first-order valence-electron chi connectivity index (χ1n) is 6.19. The van der Waals surface area contributed by atoms with Crippen molar-refractivity contribution < 1.29 is 40.6 Å². The number of thioether (sulfide) groups is 1. The SMILES string of the molecule is CCOC(=O)Cc1cc(C#N)c(OC(F)(F)F)cc1SC(F)(F)F. The van der Waals surface area contributed by atoms with Crippen molar-refractivity contribution in [3.63, 3.8) is 0 Å². The van der Waals surface area contributed by atoms with Gasteiger partial charge in [-0.1, -0.05) is 0 Å². The molecule has 0 N–H and O–H groups in total. The van der Waals surface area contributed by atoms with Crippen LogP contribution in [0.2, 0.25) is 0 Å². The minimum absolute atomic E-state index is 0.0268. The van der Waals surface area contributed by atoms with Gasteiger partial charge in [-0.2, -0.15) is 18.4 Å². The molecule has 132 valence electrons. The predicted octanol–water partition coefficient (Wildman–Crippen LogP) is 4.17. The van der Waals surface area contributed by atoms with Gasteiger partial charge >= 0.3 is 17.8 Å². The van der Waals surface area contributed by atoms with Crippen LogP contribution in [0.25, 0.3) is 0 Å². The van der Waals surface area contributed by atoms with Crippen LogP contribution in [-0.2, 0) is 16.0 Å². The van der Waals surface area contributed by atoms with Crippen molar-refractivity contribution in [1.29, 1.82) is 5.26 Å². The highest BCUT2D eigenvalue weighted by Crippen LogP contribution is 2.42. The molecule has 0 atom stereocenters. The Balaban J connectivity index is 3.34. The number of benzene rings is 1. The lowest BCUT2D eigenvalue weighted by atomic mass is 10.1. The van der Waals surface area contributed by atoms with Gasteiger partial charge in [-0.05, 0) is 36.4 Å². The van der Waals surface area contributed by atoms with Gasteiger partial charge in [-0.15, -0.1) is 13.2 Å². The van der Waals surface area contributed by atoms with Crippen molar-refractivity contribution in [2.45, 2.75) is 30.1 Å². The topological polar surface area (TPSA) is 59.3 Å². The zero-order valence-electron chi connectivity index (χ0n) is 11.9. The fourth-order valence-corrected chi connectivity index (χ4v) is 2.31. The van der Waals surface area contributed by atoms with Gasteiger partial charge in [0.15, 0.2) is 0 Å². The maximum atomic E-state index is 12.6. The van der Waals surface area contributed by atoms with Gasteiger partial charge in [-0.25, -0.2) is 0 Å². The summed E-state index contributed by atoms with van der Waals surface area (Å²) in [5, 5.41) is 8.86. The van der Waals surface area contributed by atoms with Crippen molar-refractivity contribution >= 4 is 17.7 Å². The van der Waals surface area contributed by atoms with E-state index >= 15 is 0 Å². The summed E-state index contributed by atoms with van der Waals surface area (Å²) in [6.45, 7) is 1.45. The lowest BCUT2D eigenvalue weighted by Gasteiger charge is -2.15. The molecule has 0 unspecified atom stereocenters. The van der Waals surface area contributed by atoms with Crippen LogP contribution >= 0.6 is 11.8 Å². The smallest absolute Gasteiger partial charge is 0.466 e. The molecule has 0 saturated heterocycles. The van der Waals surface area contributed by atoms with Gasteiger partial charge in [0.2, 0.25) is 0 Å². The normalized spacial score (nSPS) is 11.8. The summed E-state index contributed by atoms with van der Waals surface area (Å²) >= 11 is -0.718. The molecule has 0 aliphatic rings. The fourth-order valence-electron chi connectivity index (χ4n) is 1.63. The summed E-state index contributed by atoms with van der Waals surface area (Å²) in [7, 11) is 0. The van der Waals surface area contributed by atoms with Gasteiger partial charge in [-0.3, -0.25) is 4.79 Å². The lowest BCUT2D eigenvalue weighted by molar-refractivity contribution is -0.274. The maximum absolute atomic E-state index is 12.6. The predicted molar refractivity (Wildman–Crippen MR) is 70.1 cm³/mol. The van der Waals surface area contributed by atoms with E-state index in [1.54, 1.807) is 0 Å². The Morgan fingerprint density at radius 2 is 1.88 bits per heavy atom. The Labute approximate surface area is 136 Å². The molecule has 1 aromatic rings. The summed E-state index contributed by atoms with van der Waals surface area (Å²) in [6.07, 6.45) is -5.82. The molecule has 1 aromatic carbocycles. The molecule has 4 nitrogen and oxygen atoms in total. The molecule has 0 saturated carbocycles. The lowest BCUT2D eigenvalue weighted by Crippen LogP contribution is -2.18. The van der Waals surface area contributed by atoms with E-state index in [0.29, 0.717) is 6.07 Å². The number of esters is 1. The molecule has 1 rings (SSSR count). The number of ether oxygens (including phenoxy) is 2. The molecular weight excluding hydrogens is 364 g/mol. The molecular formula is C13H9F6NO3S. The van der Waals surface area contributed by atoms with E-state index in [1.807, 2.05) is 0 Å². The Morgan fingerprint density at radius 1 is 1.25 bits per heavy atom. The third-order valence-electron chi connectivity index (χ3n) is 2.37. The first kappa shape index (κ1) is 20.0. The molecule has 0 aromatic heterocycles. The Kier molecular flexibility index (Phi) is 6.36. The highest BCUT2D eigenvalue weighted by Gasteiger charge is 2.35. The van der Waals surface area contributed by atoms with Crippen molar-refractivity contribution in [3.05, 3.63) is 23.3 Å². The van der Waals surface area contributed by atoms with Crippen molar-refractivity contribution in [2.75, 3.05) is 6.61 Å². The van der Waals surface area contributed by atoms with Crippen molar-refractivity contribution in [1.82, 2.24) is 0 Å². The molecule has 0 aliphatic heterocycles. The average molecular weight is 373 g/mol. The first-order chi connectivity index (χ1) is 10.9. The van der Waals surface area contributed by atoms with Crippen molar-refractivity contribution in [3.8, 4) is 11.8 Å². The summed E-state index contributed by atoms with van der Waals surface area (Å²) in [4.78, 5) is 10.8. The Bertz CT molecular complexity index is 651. The van der Waals surface area contributed by atoms with E-state index < -0.39 is 52.2 Å². The molecule has 0 bridgehead atoms. The first-order valence-corrected chi connectivity index (χ1v) is 7.01. The molecule has 24 heavy (non-hydrogen) atoms. The van der Waals surface area contributed by atoms with E-state index in [-0.39, 0.29) is 12.2 Å². The zero-order valence-corrected chi connectivity index (χ0v) is 12.7. The second-order valence-electron chi connectivity index (χ2n) is 4.15. The zero-order chi connectivity index (χ0) is 18.5. The Morgan fingerprint density at radius 3 is 2.33 bits per heavy atom. The summed E-state index contributed by atoms with van der Waals surface area (Å²) < 4.78 is 82.8. The van der Waals surface area contributed by atoms with Crippen LogP contribution in [-0.4, -0.2) is 24.4 Å². The molecule has 0 aliphatic carbocycles. The van der Waals surface area contributed by atoms with Crippen LogP contribution < -0.4 is 4.74 Å². The number of rotatable bonds is 5. The van der Waals surface area contributed by atoms with E-state index in [1.165, 1.54) is 13.0 Å². The summed E-state index contributed by atoms with van der Waals surface area (Å²) in [5.41, 5.74) is -5.76. The van der Waals surface area contributed by atoms with Crippen LogP contribution in [0.15, 0.2) is 17.0 Å².